The van der Waals surface area contributed by atoms with Crippen LogP contribution in [0.15, 0.2) is 41.2 Å². The lowest BCUT2D eigenvalue weighted by Gasteiger charge is -2.15. The van der Waals surface area contributed by atoms with Crippen LogP contribution in [0.1, 0.15) is 61.3 Å². The molecule has 2 aliphatic rings. The van der Waals surface area contributed by atoms with E-state index in [1.54, 1.807) is 0 Å². The number of pyridine rings is 1. The second-order valence-electron chi connectivity index (χ2n) is 8.15. The summed E-state index contributed by atoms with van der Waals surface area (Å²) in [6.45, 7) is 0.617. The van der Waals surface area contributed by atoms with Crippen molar-refractivity contribution in [3.05, 3.63) is 68.6 Å². The first-order chi connectivity index (χ1) is 15.0. The number of aliphatic hydroxyl groups is 1. The zero-order valence-corrected chi connectivity index (χ0v) is 18.1. The number of aromatic amines is 1. The molecule has 2 aromatic rings. The lowest BCUT2D eigenvalue weighted by molar-refractivity contribution is -0.119. The van der Waals surface area contributed by atoms with Crippen molar-refractivity contribution >= 4 is 23.1 Å². The molecule has 3 N–H and O–H groups in total. The predicted molar refractivity (Wildman–Crippen MR) is 121 cm³/mol. The van der Waals surface area contributed by atoms with E-state index in [2.05, 4.69) is 10.3 Å². The number of hydrogen-bond donors (Lipinski definition) is 3. The second kappa shape index (κ2) is 9.71. The van der Waals surface area contributed by atoms with Gasteiger partial charge in [-0.2, -0.15) is 0 Å². The zero-order valence-electron chi connectivity index (χ0n) is 17.3. The molecule has 164 valence electrons. The monoisotopic (exact) mass is 442 g/mol. The van der Waals surface area contributed by atoms with Crippen molar-refractivity contribution in [1.29, 1.82) is 0 Å². The van der Waals surface area contributed by atoms with Crippen molar-refractivity contribution < 1.29 is 14.6 Å². The first kappa shape index (κ1) is 21.7. The Morgan fingerprint density at radius 1 is 1.16 bits per heavy atom. The maximum atomic E-state index is 12.6. The van der Waals surface area contributed by atoms with Crippen molar-refractivity contribution in [2.45, 2.75) is 50.5 Å². The molecule has 4 rings (SSSR count). The lowest BCUT2D eigenvalue weighted by Crippen LogP contribution is -2.23. The highest BCUT2D eigenvalue weighted by Crippen LogP contribution is 2.38. The maximum Gasteiger partial charge on any atom is 0.251 e. The Balaban J connectivity index is 1.64. The minimum atomic E-state index is -0.0951. The fourth-order valence-corrected chi connectivity index (χ4v) is 4.08. The van der Waals surface area contributed by atoms with Crippen LogP contribution in [0, 0.1) is 0 Å². The number of aliphatic hydroxyl groups excluding tert-OH is 1. The van der Waals surface area contributed by atoms with Crippen molar-refractivity contribution in [1.82, 2.24) is 10.3 Å². The smallest absolute Gasteiger partial charge is 0.251 e. The van der Waals surface area contributed by atoms with E-state index in [4.69, 9.17) is 21.4 Å². The molecule has 1 amide bonds. The van der Waals surface area contributed by atoms with Crippen LogP contribution in [-0.2, 0) is 4.79 Å². The van der Waals surface area contributed by atoms with Gasteiger partial charge in [0, 0.05) is 35.9 Å². The fraction of sp³-hybridized carbons (Fsp3) is 0.417. The molecule has 1 atom stereocenters. The molecule has 2 fully saturated rings. The molecular weight excluding hydrogens is 416 g/mol. The summed E-state index contributed by atoms with van der Waals surface area (Å²) in [6.07, 6.45) is 6.75. The van der Waals surface area contributed by atoms with Crippen LogP contribution in [0.4, 0.5) is 0 Å². The third kappa shape index (κ3) is 5.38. The van der Waals surface area contributed by atoms with Crippen molar-refractivity contribution in [2.75, 3.05) is 13.2 Å². The first-order valence-electron chi connectivity index (χ1n) is 10.8. The number of halogens is 1. The number of hydrogen-bond acceptors (Lipinski definition) is 4. The Morgan fingerprint density at radius 2 is 2.00 bits per heavy atom. The highest BCUT2D eigenvalue weighted by atomic mass is 35.5. The molecular formula is C24H27ClN2O4. The van der Waals surface area contributed by atoms with Gasteiger partial charge in [0.25, 0.3) is 5.56 Å². The molecule has 31 heavy (non-hydrogen) atoms. The van der Waals surface area contributed by atoms with Gasteiger partial charge in [-0.05, 0) is 61.8 Å². The first-order valence-corrected chi connectivity index (χ1v) is 11.2. The predicted octanol–water partition coefficient (Wildman–Crippen LogP) is 3.77. The van der Waals surface area contributed by atoms with Gasteiger partial charge in [0.2, 0.25) is 5.91 Å². The molecule has 0 radical (unpaired) electrons. The summed E-state index contributed by atoms with van der Waals surface area (Å²) in [5.74, 6) is 0.980. The fourth-order valence-electron chi connectivity index (χ4n) is 3.84. The molecule has 6 nitrogen and oxygen atoms in total. The van der Waals surface area contributed by atoms with Gasteiger partial charge < -0.3 is 20.1 Å². The van der Waals surface area contributed by atoms with Crippen LogP contribution in [0.2, 0.25) is 5.02 Å². The van der Waals surface area contributed by atoms with Crippen molar-refractivity contribution in [3.63, 3.8) is 0 Å². The Kier molecular flexibility index (Phi) is 6.78. The molecule has 1 saturated carbocycles. The van der Waals surface area contributed by atoms with Gasteiger partial charge in [0.15, 0.2) is 0 Å². The van der Waals surface area contributed by atoms with Gasteiger partial charge in [-0.25, -0.2) is 0 Å². The second-order valence-corrected chi connectivity index (χ2v) is 8.56. The minimum absolute atomic E-state index is 0.0304. The van der Waals surface area contributed by atoms with Crippen molar-refractivity contribution in [2.24, 2.45) is 0 Å². The van der Waals surface area contributed by atoms with Gasteiger partial charge in [-0.3, -0.25) is 9.59 Å². The Labute approximate surface area is 186 Å². The SMILES string of the molecule is O=C1CC[C@H](/C=C(/c2ccc(OCCCCO)c(Cl)c2)c2ccc(C3CC3)c(=O)[nH]2)N1. The number of carbonyl (C=O) groups excluding carboxylic acids is 1. The van der Waals surface area contributed by atoms with E-state index in [1.165, 1.54) is 0 Å². The number of unbranched alkanes of at least 4 members (excludes halogenated alkanes) is 1. The molecule has 7 heteroatoms. The summed E-state index contributed by atoms with van der Waals surface area (Å²) in [5, 5.41) is 12.3. The van der Waals surface area contributed by atoms with Gasteiger partial charge in [0.1, 0.15) is 5.75 Å². The molecule has 1 aromatic heterocycles. The van der Waals surface area contributed by atoms with Crippen LogP contribution in [0.5, 0.6) is 5.75 Å². The summed E-state index contributed by atoms with van der Waals surface area (Å²) >= 11 is 6.48. The minimum Gasteiger partial charge on any atom is -0.492 e. The van der Waals surface area contributed by atoms with Gasteiger partial charge in [0.05, 0.1) is 11.6 Å². The van der Waals surface area contributed by atoms with Crippen LogP contribution in [0.25, 0.3) is 5.57 Å². The van der Waals surface area contributed by atoms with Crippen LogP contribution >= 0.6 is 11.6 Å². The van der Waals surface area contributed by atoms with E-state index >= 15 is 0 Å². The number of amides is 1. The van der Waals surface area contributed by atoms with Gasteiger partial charge in [-0.15, -0.1) is 0 Å². The van der Waals surface area contributed by atoms with Gasteiger partial charge in [-0.1, -0.05) is 29.8 Å². The summed E-state index contributed by atoms with van der Waals surface area (Å²) in [7, 11) is 0. The summed E-state index contributed by atoms with van der Waals surface area (Å²) in [4.78, 5) is 27.3. The Hall–Kier alpha value is -2.57. The highest BCUT2D eigenvalue weighted by molar-refractivity contribution is 6.32. The average molecular weight is 443 g/mol. The van der Waals surface area contributed by atoms with E-state index in [-0.39, 0.29) is 24.1 Å². The molecule has 2 heterocycles. The van der Waals surface area contributed by atoms with E-state index < -0.39 is 0 Å². The molecule has 1 saturated heterocycles. The Bertz CT molecular complexity index is 1040. The van der Waals surface area contributed by atoms with E-state index in [9.17, 15) is 9.59 Å². The van der Waals surface area contributed by atoms with Crippen molar-refractivity contribution in [3.8, 4) is 5.75 Å². The quantitative estimate of drug-likeness (QED) is 0.515. The van der Waals surface area contributed by atoms with E-state index in [0.717, 1.165) is 36.0 Å². The normalized spacial score (nSPS) is 18.8. The van der Waals surface area contributed by atoms with Crippen LogP contribution in [-0.4, -0.2) is 35.3 Å². The number of rotatable bonds is 9. The molecule has 0 unspecified atom stereocenters. The number of aromatic nitrogens is 1. The van der Waals surface area contributed by atoms with Gasteiger partial charge >= 0.3 is 0 Å². The topological polar surface area (TPSA) is 91.4 Å². The molecule has 1 aliphatic heterocycles. The third-order valence-corrected chi connectivity index (χ3v) is 5.99. The standard InChI is InChI=1S/C24H27ClN2O4/c25-20-13-16(5-9-22(20)31-12-2-1-11-28)19(14-17-6-10-23(29)26-17)21-8-7-18(15-3-4-15)24(30)27-21/h5,7-9,13-15,17,28H,1-4,6,10-12H2,(H,26,29)(H,27,30)/b19-14-/t17-/m1/s1. The average Bonchev–Trinajstić information content (AvgIpc) is 3.51. The lowest BCUT2D eigenvalue weighted by atomic mass is 9.98. The number of benzene rings is 1. The van der Waals surface area contributed by atoms with E-state index in [1.807, 2.05) is 36.4 Å². The summed E-state index contributed by atoms with van der Waals surface area (Å²) in [6, 6.07) is 9.29. The summed E-state index contributed by atoms with van der Waals surface area (Å²) in [5.41, 5.74) is 3.13. The molecule has 1 aliphatic carbocycles. The van der Waals surface area contributed by atoms with Crippen LogP contribution < -0.4 is 15.6 Å². The largest absolute Gasteiger partial charge is 0.492 e. The zero-order chi connectivity index (χ0) is 21.8. The number of ether oxygens (including phenoxy) is 1. The highest BCUT2D eigenvalue weighted by Gasteiger charge is 2.27. The molecule has 0 spiro atoms. The number of H-pyrrole nitrogens is 1. The maximum absolute atomic E-state index is 12.6. The molecule has 0 bridgehead atoms. The number of carbonyl (C=O) groups is 1. The Morgan fingerprint density at radius 3 is 2.65 bits per heavy atom. The van der Waals surface area contributed by atoms with E-state index in [0.29, 0.717) is 48.3 Å². The molecule has 1 aromatic carbocycles. The number of nitrogens with one attached hydrogen (secondary N) is 2. The summed E-state index contributed by atoms with van der Waals surface area (Å²) < 4.78 is 5.72. The van der Waals surface area contributed by atoms with Crippen LogP contribution in [0.3, 0.4) is 0 Å². The third-order valence-electron chi connectivity index (χ3n) is 5.70.